The number of fused-ring (bicyclic) bond motifs is 3. The molecule has 2 fully saturated rings. The molecular formula is C15H16I2O4S2. The summed E-state index contributed by atoms with van der Waals surface area (Å²) in [5, 5.41) is -1.51. The summed E-state index contributed by atoms with van der Waals surface area (Å²) >= 11 is 4.01. The maximum atomic E-state index is 13.2. The van der Waals surface area contributed by atoms with Gasteiger partial charge in [0.05, 0.1) is 20.3 Å². The third kappa shape index (κ3) is 2.44. The zero-order valence-corrected chi connectivity index (χ0v) is 18.2. The number of halogens is 2. The van der Waals surface area contributed by atoms with Crippen molar-refractivity contribution in [1.82, 2.24) is 0 Å². The number of benzene rings is 1. The minimum absolute atomic E-state index is 0.0338. The molecule has 4 nitrogen and oxygen atoms in total. The van der Waals surface area contributed by atoms with Gasteiger partial charge in [0.2, 0.25) is 0 Å². The molecule has 0 amide bonds. The Bertz CT molecular complexity index is 892. The SMILES string of the molecule is O=S1(=O)c2cc(I)cc(I)c2S(=O)(=O)C2CC3CCCC3CC21. The Labute approximate surface area is 163 Å². The number of hydrogen-bond donors (Lipinski definition) is 0. The number of sulfone groups is 2. The molecule has 126 valence electrons. The smallest absolute Gasteiger partial charge is 0.184 e. The minimum atomic E-state index is -3.59. The molecule has 0 aromatic heterocycles. The van der Waals surface area contributed by atoms with Gasteiger partial charge in [-0.2, -0.15) is 0 Å². The van der Waals surface area contributed by atoms with Crippen LogP contribution in [0.25, 0.3) is 0 Å². The van der Waals surface area contributed by atoms with Crippen molar-refractivity contribution in [2.75, 3.05) is 0 Å². The van der Waals surface area contributed by atoms with E-state index in [9.17, 15) is 16.8 Å². The van der Waals surface area contributed by atoms with Crippen molar-refractivity contribution < 1.29 is 16.8 Å². The van der Waals surface area contributed by atoms with E-state index in [0.29, 0.717) is 28.2 Å². The average molecular weight is 578 g/mol. The van der Waals surface area contributed by atoms with Crippen molar-refractivity contribution in [3.63, 3.8) is 0 Å². The summed E-state index contributed by atoms with van der Waals surface area (Å²) in [5.41, 5.74) is 0. The van der Waals surface area contributed by atoms with Gasteiger partial charge in [-0.25, -0.2) is 16.8 Å². The molecule has 8 heteroatoms. The highest BCUT2D eigenvalue weighted by Crippen LogP contribution is 2.51. The lowest BCUT2D eigenvalue weighted by atomic mass is 9.81. The molecule has 0 spiro atoms. The van der Waals surface area contributed by atoms with Crippen LogP contribution in [-0.2, 0) is 19.7 Å². The highest BCUT2D eigenvalue weighted by Gasteiger charge is 2.55. The fraction of sp³-hybridized carbons (Fsp3) is 0.600. The first-order valence-corrected chi connectivity index (χ1v) is 12.9. The van der Waals surface area contributed by atoms with Crippen molar-refractivity contribution in [3.8, 4) is 0 Å². The third-order valence-electron chi connectivity index (χ3n) is 5.66. The molecule has 0 bridgehead atoms. The summed E-state index contributed by atoms with van der Waals surface area (Å²) in [4.78, 5) is 0.0858. The molecule has 4 unspecified atom stereocenters. The zero-order valence-electron chi connectivity index (χ0n) is 12.2. The van der Waals surface area contributed by atoms with Gasteiger partial charge in [-0.05, 0) is 82.0 Å². The quantitative estimate of drug-likeness (QED) is 0.443. The molecule has 0 radical (unpaired) electrons. The fourth-order valence-corrected chi connectivity index (χ4v) is 13.3. The van der Waals surface area contributed by atoms with Gasteiger partial charge < -0.3 is 0 Å². The van der Waals surface area contributed by atoms with Crippen molar-refractivity contribution in [3.05, 3.63) is 19.3 Å². The Balaban J connectivity index is 1.98. The van der Waals surface area contributed by atoms with Crippen molar-refractivity contribution in [1.29, 1.82) is 0 Å². The van der Waals surface area contributed by atoms with E-state index >= 15 is 0 Å². The lowest BCUT2D eigenvalue weighted by Crippen LogP contribution is -2.50. The van der Waals surface area contributed by atoms with E-state index in [0.717, 1.165) is 22.8 Å². The molecule has 2 aliphatic carbocycles. The van der Waals surface area contributed by atoms with E-state index in [4.69, 9.17) is 0 Å². The topological polar surface area (TPSA) is 68.3 Å². The lowest BCUT2D eigenvalue weighted by Gasteiger charge is -2.41. The molecule has 0 N–H and O–H groups in total. The average Bonchev–Trinajstić information content (AvgIpc) is 2.90. The van der Waals surface area contributed by atoms with E-state index in [1.165, 1.54) is 6.07 Å². The van der Waals surface area contributed by atoms with Gasteiger partial charge in [0.1, 0.15) is 0 Å². The molecular weight excluding hydrogens is 562 g/mol. The zero-order chi connectivity index (χ0) is 16.6. The summed E-state index contributed by atoms with van der Waals surface area (Å²) in [5.74, 6) is 0.758. The van der Waals surface area contributed by atoms with E-state index in [1.54, 1.807) is 6.07 Å². The molecule has 23 heavy (non-hydrogen) atoms. The van der Waals surface area contributed by atoms with Gasteiger partial charge in [-0.3, -0.25) is 0 Å². The van der Waals surface area contributed by atoms with Crippen LogP contribution in [-0.4, -0.2) is 27.3 Å². The summed E-state index contributed by atoms with van der Waals surface area (Å²) in [7, 11) is -7.18. The largest absolute Gasteiger partial charge is 0.223 e. The summed E-state index contributed by atoms with van der Waals surface area (Å²) in [6.45, 7) is 0. The van der Waals surface area contributed by atoms with Crippen LogP contribution in [0.3, 0.4) is 0 Å². The Morgan fingerprint density at radius 3 is 2.04 bits per heavy atom. The van der Waals surface area contributed by atoms with Crippen LogP contribution in [0.5, 0.6) is 0 Å². The van der Waals surface area contributed by atoms with Gasteiger partial charge in [-0.15, -0.1) is 0 Å². The second-order valence-corrected chi connectivity index (χ2v) is 13.5. The first-order valence-electron chi connectivity index (χ1n) is 7.70. The predicted molar refractivity (Wildman–Crippen MR) is 104 cm³/mol. The molecule has 1 aliphatic heterocycles. The van der Waals surface area contributed by atoms with Crippen molar-refractivity contribution >= 4 is 64.9 Å². The highest BCUT2D eigenvalue weighted by molar-refractivity contribution is 14.1. The highest BCUT2D eigenvalue weighted by atomic mass is 127. The van der Waals surface area contributed by atoms with Crippen molar-refractivity contribution in [2.24, 2.45) is 11.8 Å². The van der Waals surface area contributed by atoms with Crippen LogP contribution < -0.4 is 0 Å². The summed E-state index contributed by atoms with van der Waals surface area (Å²) in [6.07, 6.45) is 4.20. The Morgan fingerprint density at radius 2 is 1.43 bits per heavy atom. The molecule has 2 saturated carbocycles. The third-order valence-corrected chi connectivity index (χ3v) is 12.4. The number of rotatable bonds is 0. The fourth-order valence-electron chi connectivity index (χ4n) is 4.63. The molecule has 4 rings (SSSR count). The standard InChI is InChI=1S/C15H16I2O4S2/c16-10-6-11(17)15-14(7-10)22(18,19)12-4-8-2-1-3-9(8)5-13(12)23(15,20)21/h6-9,12-13H,1-5H2. The number of hydrogen-bond acceptors (Lipinski definition) is 4. The maximum Gasteiger partial charge on any atom is 0.184 e. The molecule has 1 heterocycles. The minimum Gasteiger partial charge on any atom is -0.223 e. The summed E-state index contributed by atoms with van der Waals surface area (Å²) < 4.78 is 53.9. The first kappa shape index (κ1) is 17.0. The van der Waals surface area contributed by atoms with E-state index in [-0.39, 0.29) is 9.79 Å². The molecule has 4 atom stereocenters. The Morgan fingerprint density at radius 1 is 0.870 bits per heavy atom. The molecule has 0 saturated heterocycles. The van der Waals surface area contributed by atoms with Crippen LogP contribution in [0, 0.1) is 19.0 Å². The second kappa shape index (κ2) is 5.54. The van der Waals surface area contributed by atoms with Gasteiger partial charge >= 0.3 is 0 Å². The van der Waals surface area contributed by atoms with E-state index in [2.05, 4.69) is 0 Å². The molecule has 1 aromatic rings. The summed E-state index contributed by atoms with van der Waals surface area (Å²) in [6, 6.07) is 3.27. The first-order chi connectivity index (χ1) is 10.7. The Kier molecular flexibility index (Phi) is 4.10. The van der Waals surface area contributed by atoms with Crippen LogP contribution in [0.1, 0.15) is 32.1 Å². The van der Waals surface area contributed by atoms with Crippen LogP contribution in [0.2, 0.25) is 0 Å². The monoisotopic (exact) mass is 578 g/mol. The van der Waals surface area contributed by atoms with Gasteiger partial charge in [0.25, 0.3) is 0 Å². The van der Waals surface area contributed by atoms with Crippen LogP contribution >= 0.6 is 45.2 Å². The molecule has 3 aliphatic rings. The van der Waals surface area contributed by atoms with E-state index in [1.807, 2.05) is 45.2 Å². The van der Waals surface area contributed by atoms with Crippen LogP contribution in [0.4, 0.5) is 0 Å². The van der Waals surface area contributed by atoms with Crippen LogP contribution in [0.15, 0.2) is 21.9 Å². The van der Waals surface area contributed by atoms with Gasteiger partial charge in [-0.1, -0.05) is 19.3 Å². The molecule has 1 aromatic carbocycles. The van der Waals surface area contributed by atoms with Crippen molar-refractivity contribution in [2.45, 2.75) is 52.4 Å². The van der Waals surface area contributed by atoms with Gasteiger partial charge in [0.15, 0.2) is 19.7 Å². The lowest BCUT2D eigenvalue weighted by molar-refractivity contribution is 0.277. The maximum absolute atomic E-state index is 13.2. The van der Waals surface area contributed by atoms with Gasteiger partial charge in [0, 0.05) is 7.14 Å². The normalized spacial score (nSPS) is 36.8. The van der Waals surface area contributed by atoms with E-state index < -0.39 is 30.2 Å². The predicted octanol–water partition coefficient (Wildman–Crippen LogP) is 3.40. The second-order valence-electron chi connectivity index (χ2n) is 6.80. The Hall–Kier alpha value is 0.580.